The SMILES string of the molecule is [2H]B=N.c1ccc2c(-c3nnc(-c4cccc5ccccc45)o3)cccc2c1. The zero-order chi connectivity index (χ0) is 19.3. The van der Waals surface area contributed by atoms with Gasteiger partial charge in [-0.25, -0.2) is 0 Å². The topological polar surface area (TPSA) is 62.8 Å². The number of hydrogen-bond acceptors (Lipinski definition) is 4. The van der Waals surface area contributed by atoms with E-state index >= 15 is 0 Å². The molecule has 0 spiro atoms. The first-order chi connectivity index (χ1) is 13.8. The molecule has 0 atom stereocenters. The Hall–Kier alpha value is -3.60. The molecule has 1 heterocycles. The smallest absolute Gasteiger partial charge is 0.248 e. The van der Waals surface area contributed by atoms with Crippen LogP contribution >= 0.6 is 0 Å². The predicted octanol–water partition coefficient (Wildman–Crippen LogP) is 5.36. The molecule has 0 amide bonds. The second-order valence-corrected chi connectivity index (χ2v) is 5.97. The molecule has 4 nitrogen and oxygen atoms in total. The van der Waals surface area contributed by atoms with Crippen molar-refractivity contribution in [3.63, 3.8) is 0 Å². The van der Waals surface area contributed by atoms with Crippen LogP contribution < -0.4 is 0 Å². The Labute approximate surface area is 158 Å². The second kappa shape index (κ2) is 7.34. The number of benzene rings is 4. The van der Waals surface area contributed by atoms with Crippen LogP contribution in [0.5, 0.6) is 0 Å². The summed E-state index contributed by atoms with van der Waals surface area (Å²) in [7, 11) is 0.500. The Morgan fingerprint density at radius 3 is 1.56 bits per heavy atom. The molecule has 0 aliphatic heterocycles. The minimum atomic E-state index is 0.500. The molecular formula is C22H16BN3O. The summed E-state index contributed by atoms with van der Waals surface area (Å²) in [6.07, 6.45) is 0. The minimum absolute atomic E-state index is 0.500. The van der Waals surface area contributed by atoms with Crippen molar-refractivity contribution in [2.24, 2.45) is 0 Å². The van der Waals surface area contributed by atoms with Crippen LogP contribution in [0.2, 0.25) is 0 Å². The van der Waals surface area contributed by atoms with Gasteiger partial charge in [-0.3, -0.25) is 0 Å². The second-order valence-electron chi connectivity index (χ2n) is 5.97. The molecule has 5 aromatic rings. The van der Waals surface area contributed by atoms with Crippen molar-refractivity contribution >= 4 is 29.1 Å². The first kappa shape index (κ1) is 15.6. The molecule has 0 saturated carbocycles. The molecule has 1 N–H and O–H groups in total. The Morgan fingerprint density at radius 1 is 0.667 bits per heavy atom. The van der Waals surface area contributed by atoms with Gasteiger partial charge in [0, 0.05) is 11.1 Å². The molecule has 0 fully saturated rings. The number of aromatic nitrogens is 2. The third-order valence-electron chi connectivity index (χ3n) is 4.47. The molecule has 4 aromatic carbocycles. The average Bonchev–Trinajstić information content (AvgIpc) is 3.23. The van der Waals surface area contributed by atoms with Gasteiger partial charge in [0.05, 0.1) is 0 Å². The number of nitrogens with one attached hydrogen (secondary N) is 1. The molecule has 0 radical (unpaired) electrons. The fraction of sp³-hybridized carbons (Fsp3) is 0. The van der Waals surface area contributed by atoms with Crippen molar-refractivity contribution in [1.82, 2.24) is 10.2 Å². The maximum absolute atomic E-state index is 6.05. The molecule has 0 saturated heterocycles. The third-order valence-corrected chi connectivity index (χ3v) is 4.47. The average molecular weight is 350 g/mol. The molecule has 128 valence electrons. The molecule has 0 unspecified atom stereocenters. The van der Waals surface area contributed by atoms with E-state index in [4.69, 9.17) is 11.1 Å². The first-order valence-electron chi connectivity index (χ1n) is 9.06. The number of nitrogens with zero attached hydrogens (tertiary/aromatic N) is 2. The monoisotopic (exact) mass is 350 g/mol. The van der Waals surface area contributed by atoms with Gasteiger partial charge < -0.3 is 4.42 Å². The molecule has 0 aliphatic carbocycles. The first-order valence-corrected chi connectivity index (χ1v) is 8.49. The quantitative estimate of drug-likeness (QED) is 0.436. The maximum atomic E-state index is 6.05. The zero-order valence-electron chi connectivity index (χ0n) is 15.5. The van der Waals surface area contributed by atoms with Crippen LogP contribution in [0.1, 0.15) is 0 Å². The van der Waals surface area contributed by atoms with E-state index in [1.165, 1.54) is 0 Å². The van der Waals surface area contributed by atoms with Crippen molar-refractivity contribution in [2.45, 2.75) is 0 Å². The van der Waals surface area contributed by atoms with E-state index in [0.717, 1.165) is 32.7 Å². The molecule has 0 bridgehead atoms. The Balaban J connectivity index is 0.000000604. The van der Waals surface area contributed by atoms with E-state index in [2.05, 4.69) is 46.6 Å². The van der Waals surface area contributed by atoms with Crippen LogP contribution in [-0.2, 0) is 0 Å². The van der Waals surface area contributed by atoms with Crippen molar-refractivity contribution in [3.8, 4) is 22.9 Å². The van der Waals surface area contributed by atoms with E-state index < -0.39 is 0 Å². The summed E-state index contributed by atoms with van der Waals surface area (Å²) in [6.45, 7) is 0. The summed E-state index contributed by atoms with van der Waals surface area (Å²) in [5, 5.41) is 18.9. The third kappa shape index (κ3) is 3.04. The molecular weight excluding hydrogens is 333 g/mol. The van der Waals surface area contributed by atoms with Crippen LogP contribution in [0.3, 0.4) is 0 Å². The minimum Gasteiger partial charge on any atom is -0.416 e. The van der Waals surface area contributed by atoms with E-state index in [9.17, 15) is 0 Å². The van der Waals surface area contributed by atoms with Crippen molar-refractivity contribution in [1.29, 1.82) is 6.65 Å². The normalized spacial score (nSPS) is 10.7. The van der Waals surface area contributed by atoms with E-state index in [1.54, 1.807) is 0 Å². The molecule has 27 heavy (non-hydrogen) atoms. The molecule has 5 rings (SSSR count). The maximum Gasteiger partial charge on any atom is 0.248 e. The van der Waals surface area contributed by atoms with Crippen LogP contribution in [0.25, 0.3) is 44.5 Å². The van der Waals surface area contributed by atoms with E-state index in [0.29, 0.717) is 19.4 Å². The van der Waals surface area contributed by atoms with Gasteiger partial charge in [0.2, 0.25) is 11.8 Å². The van der Waals surface area contributed by atoms with Crippen LogP contribution in [0.15, 0.2) is 89.3 Å². The van der Waals surface area contributed by atoms with Crippen LogP contribution in [0, 0.1) is 5.31 Å². The summed E-state index contributed by atoms with van der Waals surface area (Å²) < 4.78 is 11.8. The Morgan fingerprint density at radius 2 is 1.07 bits per heavy atom. The van der Waals surface area contributed by atoms with Gasteiger partial charge in [-0.15, -0.1) is 10.2 Å². The molecule has 0 aliphatic rings. The van der Waals surface area contributed by atoms with Crippen molar-refractivity contribution < 1.29 is 4.42 Å². The Bertz CT molecular complexity index is 1160. The molecule has 5 heteroatoms. The summed E-state index contributed by atoms with van der Waals surface area (Å²) in [5.74, 6) is 1.08. The zero-order valence-corrected chi connectivity index (χ0v) is 14.5. The van der Waals surface area contributed by atoms with E-state index in [1.807, 2.05) is 48.5 Å². The largest absolute Gasteiger partial charge is 0.416 e. The molecule has 1 aromatic heterocycles. The number of fused-ring (bicyclic) bond motifs is 2. The van der Waals surface area contributed by atoms with Gasteiger partial charge in [0.15, 0.2) is 0 Å². The van der Waals surface area contributed by atoms with Gasteiger partial charge in [-0.05, 0) is 33.7 Å². The predicted molar refractivity (Wildman–Crippen MR) is 110 cm³/mol. The standard InChI is InChI=1S/C22H14N2O.BH2N/c1-3-11-17-15(7-1)9-5-13-19(17)21-23-24-22(25-21)20-14-6-10-16-8-2-4-12-18(16)20;1-2/h1-14H;1-2H/i;1D. The van der Waals surface area contributed by atoms with Gasteiger partial charge >= 0.3 is 14.3 Å². The van der Waals surface area contributed by atoms with E-state index in [-0.39, 0.29) is 0 Å². The summed E-state index contributed by atoms with van der Waals surface area (Å²) >= 11 is 0. The Kier molecular flexibility index (Phi) is 4.25. The van der Waals surface area contributed by atoms with Gasteiger partial charge in [0.1, 0.15) is 0 Å². The summed E-state index contributed by atoms with van der Waals surface area (Å²) in [5.41, 5.74) is 1.91. The number of hydrogen-bond donors (Lipinski definition) is 1. The summed E-state index contributed by atoms with van der Waals surface area (Å²) in [4.78, 5) is 0. The van der Waals surface area contributed by atoms with Crippen molar-refractivity contribution in [3.05, 3.63) is 84.9 Å². The van der Waals surface area contributed by atoms with Gasteiger partial charge in [0.25, 0.3) is 0 Å². The fourth-order valence-electron chi connectivity index (χ4n) is 3.26. The summed E-state index contributed by atoms with van der Waals surface area (Å²) in [6, 6.07) is 28.6. The van der Waals surface area contributed by atoms with Crippen LogP contribution in [-0.4, -0.2) is 19.1 Å². The van der Waals surface area contributed by atoms with Gasteiger partial charge in [-0.2, -0.15) is 0 Å². The number of rotatable bonds is 2. The van der Waals surface area contributed by atoms with Crippen molar-refractivity contribution in [2.75, 3.05) is 0 Å². The van der Waals surface area contributed by atoms with Crippen LogP contribution in [0.4, 0.5) is 0 Å². The fourth-order valence-corrected chi connectivity index (χ4v) is 3.26. The van der Waals surface area contributed by atoms with Gasteiger partial charge in [-0.1, -0.05) is 72.8 Å².